The molecule has 4 heteroatoms. The standard InChI is InChI=1S/C15H14N4/c1-11-7-9-17-15(16)14(11)13-8-10-18-19(13)12-5-3-2-4-6-12/h2-10H,1H3,(H2,16,17). The van der Waals surface area contributed by atoms with E-state index in [1.807, 2.05) is 54.1 Å². The molecule has 4 nitrogen and oxygen atoms in total. The number of pyridine rings is 1. The zero-order valence-corrected chi connectivity index (χ0v) is 10.6. The van der Waals surface area contributed by atoms with Gasteiger partial charge in [-0.1, -0.05) is 18.2 Å². The number of para-hydroxylation sites is 1. The summed E-state index contributed by atoms with van der Waals surface area (Å²) in [7, 11) is 0. The van der Waals surface area contributed by atoms with Crippen molar-refractivity contribution >= 4 is 5.82 Å². The third-order valence-electron chi connectivity index (χ3n) is 3.09. The van der Waals surface area contributed by atoms with E-state index >= 15 is 0 Å². The molecule has 0 aliphatic carbocycles. The lowest BCUT2D eigenvalue weighted by molar-refractivity contribution is 0.887. The van der Waals surface area contributed by atoms with Gasteiger partial charge in [-0.2, -0.15) is 5.10 Å². The number of nitrogens with zero attached hydrogens (tertiary/aromatic N) is 3. The zero-order chi connectivity index (χ0) is 13.2. The predicted molar refractivity (Wildman–Crippen MR) is 75.9 cm³/mol. The number of anilines is 1. The van der Waals surface area contributed by atoms with Crippen molar-refractivity contribution in [1.82, 2.24) is 14.8 Å². The molecule has 0 spiro atoms. The Kier molecular flexibility index (Phi) is 2.76. The van der Waals surface area contributed by atoms with Crippen LogP contribution in [0.4, 0.5) is 5.82 Å². The van der Waals surface area contributed by atoms with Crippen LogP contribution in [0.2, 0.25) is 0 Å². The van der Waals surface area contributed by atoms with Gasteiger partial charge in [0.25, 0.3) is 0 Å². The molecule has 19 heavy (non-hydrogen) atoms. The number of nitrogens with two attached hydrogens (primary N) is 1. The molecule has 0 radical (unpaired) electrons. The summed E-state index contributed by atoms with van der Waals surface area (Å²) in [4.78, 5) is 4.17. The van der Waals surface area contributed by atoms with Crippen molar-refractivity contribution in [3.8, 4) is 16.9 Å². The quantitative estimate of drug-likeness (QED) is 0.760. The van der Waals surface area contributed by atoms with E-state index in [4.69, 9.17) is 5.73 Å². The number of aryl methyl sites for hydroxylation is 1. The second kappa shape index (κ2) is 4.57. The molecule has 0 atom stereocenters. The van der Waals surface area contributed by atoms with Crippen LogP contribution in [0.25, 0.3) is 16.9 Å². The molecular weight excluding hydrogens is 236 g/mol. The number of hydrogen-bond acceptors (Lipinski definition) is 3. The third-order valence-corrected chi connectivity index (χ3v) is 3.09. The van der Waals surface area contributed by atoms with E-state index in [0.717, 1.165) is 22.5 Å². The second-order valence-corrected chi connectivity index (χ2v) is 4.35. The Hall–Kier alpha value is -2.62. The number of aromatic nitrogens is 3. The van der Waals surface area contributed by atoms with Crippen molar-refractivity contribution in [3.05, 3.63) is 60.4 Å². The Bertz CT molecular complexity index is 681. The molecule has 0 saturated carbocycles. The summed E-state index contributed by atoms with van der Waals surface area (Å²) < 4.78 is 1.88. The first kappa shape index (κ1) is 11.5. The highest BCUT2D eigenvalue weighted by Crippen LogP contribution is 2.29. The van der Waals surface area contributed by atoms with Crippen LogP contribution in [0.15, 0.2) is 54.9 Å². The molecule has 0 fully saturated rings. The second-order valence-electron chi connectivity index (χ2n) is 4.35. The highest BCUT2D eigenvalue weighted by atomic mass is 15.3. The van der Waals surface area contributed by atoms with Crippen molar-refractivity contribution in [2.45, 2.75) is 6.92 Å². The summed E-state index contributed by atoms with van der Waals surface area (Å²) in [6, 6.07) is 13.9. The highest BCUT2D eigenvalue weighted by molar-refractivity contribution is 5.75. The molecule has 0 unspecified atom stereocenters. The maximum Gasteiger partial charge on any atom is 0.133 e. The molecule has 0 bridgehead atoms. The molecule has 0 aliphatic heterocycles. The van der Waals surface area contributed by atoms with E-state index < -0.39 is 0 Å². The lowest BCUT2D eigenvalue weighted by Crippen LogP contribution is -2.03. The predicted octanol–water partition coefficient (Wildman–Crippen LogP) is 2.82. The average Bonchev–Trinajstić information content (AvgIpc) is 2.89. The molecule has 0 aliphatic rings. The molecule has 94 valence electrons. The van der Waals surface area contributed by atoms with Crippen LogP contribution >= 0.6 is 0 Å². The van der Waals surface area contributed by atoms with Gasteiger partial charge < -0.3 is 5.73 Å². The highest BCUT2D eigenvalue weighted by Gasteiger charge is 2.13. The first-order chi connectivity index (χ1) is 9.27. The summed E-state index contributed by atoms with van der Waals surface area (Å²) in [6.07, 6.45) is 3.49. The summed E-state index contributed by atoms with van der Waals surface area (Å²) in [6.45, 7) is 2.02. The number of benzene rings is 1. The van der Waals surface area contributed by atoms with Gasteiger partial charge in [-0.05, 0) is 36.8 Å². The van der Waals surface area contributed by atoms with Crippen molar-refractivity contribution in [2.24, 2.45) is 0 Å². The van der Waals surface area contributed by atoms with Crippen molar-refractivity contribution in [3.63, 3.8) is 0 Å². The average molecular weight is 250 g/mol. The van der Waals surface area contributed by atoms with Gasteiger partial charge in [-0.25, -0.2) is 9.67 Å². The van der Waals surface area contributed by atoms with Gasteiger partial charge in [0.1, 0.15) is 5.82 Å². The third kappa shape index (κ3) is 1.97. The Labute approximate surface area is 111 Å². The molecular formula is C15H14N4. The molecule has 2 N–H and O–H groups in total. The van der Waals surface area contributed by atoms with Gasteiger partial charge in [0.2, 0.25) is 0 Å². The van der Waals surface area contributed by atoms with E-state index in [0.29, 0.717) is 5.82 Å². The van der Waals surface area contributed by atoms with Crippen LogP contribution in [0, 0.1) is 6.92 Å². The topological polar surface area (TPSA) is 56.7 Å². The minimum atomic E-state index is 0.526. The fourth-order valence-corrected chi connectivity index (χ4v) is 2.18. The van der Waals surface area contributed by atoms with Crippen LogP contribution in [-0.2, 0) is 0 Å². The lowest BCUT2D eigenvalue weighted by Gasteiger charge is -2.11. The van der Waals surface area contributed by atoms with E-state index in [2.05, 4.69) is 10.1 Å². The summed E-state index contributed by atoms with van der Waals surface area (Å²) in [5, 5.41) is 4.38. The van der Waals surface area contributed by atoms with Gasteiger partial charge in [-0.3, -0.25) is 0 Å². The SMILES string of the molecule is Cc1ccnc(N)c1-c1ccnn1-c1ccccc1. The number of nitrogen functional groups attached to an aromatic ring is 1. The lowest BCUT2D eigenvalue weighted by atomic mass is 10.1. The van der Waals surface area contributed by atoms with E-state index in [-0.39, 0.29) is 0 Å². The van der Waals surface area contributed by atoms with Crippen molar-refractivity contribution in [2.75, 3.05) is 5.73 Å². The largest absolute Gasteiger partial charge is 0.383 e. The first-order valence-corrected chi connectivity index (χ1v) is 6.08. The van der Waals surface area contributed by atoms with Gasteiger partial charge >= 0.3 is 0 Å². The minimum Gasteiger partial charge on any atom is -0.383 e. The maximum absolute atomic E-state index is 6.01. The molecule has 1 aromatic carbocycles. The van der Waals surface area contributed by atoms with Gasteiger partial charge in [0.05, 0.1) is 17.6 Å². The number of rotatable bonds is 2. The maximum atomic E-state index is 6.01. The first-order valence-electron chi connectivity index (χ1n) is 6.08. The number of hydrogen-bond donors (Lipinski definition) is 1. The summed E-state index contributed by atoms with van der Waals surface area (Å²) in [5.41, 5.74) is 9.99. The van der Waals surface area contributed by atoms with Crippen LogP contribution in [0.5, 0.6) is 0 Å². The van der Waals surface area contributed by atoms with Crippen LogP contribution in [0.1, 0.15) is 5.56 Å². The van der Waals surface area contributed by atoms with Gasteiger partial charge in [-0.15, -0.1) is 0 Å². The fraction of sp³-hybridized carbons (Fsp3) is 0.0667. The molecule has 2 aromatic heterocycles. The normalized spacial score (nSPS) is 10.6. The van der Waals surface area contributed by atoms with E-state index in [1.54, 1.807) is 12.4 Å². The molecule has 0 amide bonds. The Morgan fingerprint density at radius 3 is 2.53 bits per heavy atom. The van der Waals surface area contributed by atoms with Gasteiger partial charge in [0.15, 0.2) is 0 Å². The van der Waals surface area contributed by atoms with Gasteiger partial charge in [0, 0.05) is 11.8 Å². The van der Waals surface area contributed by atoms with E-state index in [9.17, 15) is 0 Å². The summed E-state index contributed by atoms with van der Waals surface area (Å²) >= 11 is 0. The molecule has 0 saturated heterocycles. The van der Waals surface area contributed by atoms with Crippen LogP contribution < -0.4 is 5.73 Å². The molecule has 2 heterocycles. The Balaban J connectivity index is 2.21. The van der Waals surface area contributed by atoms with Crippen LogP contribution in [-0.4, -0.2) is 14.8 Å². The van der Waals surface area contributed by atoms with E-state index in [1.165, 1.54) is 0 Å². The molecule has 3 aromatic rings. The van der Waals surface area contributed by atoms with Crippen molar-refractivity contribution in [1.29, 1.82) is 0 Å². The minimum absolute atomic E-state index is 0.526. The van der Waals surface area contributed by atoms with Crippen molar-refractivity contribution < 1.29 is 0 Å². The summed E-state index contributed by atoms with van der Waals surface area (Å²) in [5.74, 6) is 0.526. The monoisotopic (exact) mass is 250 g/mol. The van der Waals surface area contributed by atoms with Crippen LogP contribution in [0.3, 0.4) is 0 Å². The Morgan fingerprint density at radius 2 is 1.79 bits per heavy atom. The zero-order valence-electron chi connectivity index (χ0n) is 10.6. The molecule has 3 rings (SSSR count). The smallest absolute Gasteiger partial charge is 0.133 e. The fourth-order valence-electron chi connectivity index (χ4n) is 2.18. The Morgan fingerprint density at radius 1 is 1.00 bits per heavy atom.